The molecule has 0 atom stereocenters. The number of thiophene rings is 1. The number of fused-ring (bicyclic) bond motifs is 12. The fourth-order valence-electron chi connectivity index (χ4n) is 12.0. The summed E-state index contributed by atoms with van der Waals surface area (Å²) in [5, 5.41) is 17.0. The van der Waals surface area contributed by atoms with E-state index in [4.69, 9.17) is 9.97 Å². The number of rotatable bonds is 7. The summed E-state index contributed by atoms with van der Waals surface area (Å²) in [5.41, 5.74) is 4.47. The van der Waals surface area contributed by atoms with Crippen molar-refractivity contribution in [2.75, 3.05) is 4.90 Å². The van der Waals surface area contributed by atoms with E-state index in [0.717, 1.165) is 22.4 Å². The molecule has 0 saturated carbocycles. The molecule has 0 spiro atoms. The summed E-state index contributed by atoms with van der Waals surface area (Å²) in [7, 11) is -6.48. The lowest BCUT2D eigenvalue weighted by Crippen LogP contribution is -2.78. The SMILES string of the molecule is c1ccc([Si](c2ccccc2)(c2ccc3c4ccccc4n4ccnc4c3c2)c2cc3c(c4c2sc2ccccc24)[Si](c2ccccc2)(c2ccccc2)c2ccccc2N3c2ccccn2)cc1. The Morgan fingerprint density at radius 2 is 1.07 bits per heavy atom. The number of hydrogen-bond donors (Lipinski definition) is 0. The number of benzene rings is 9. The van der Waals surface area contributed by atoms with Gasteiger partial charge in [0.2, 0.25) is 0 Å². The van der Waals surface area contributed by atoms with Gasteiger partial charge in [-0.05, 0) is 83.3 Å². The highest BCUT2D eigenvalue weighted by molar-refractivity contribution is 7.32. The molecule has 0 saturated heterocycles. The van der Waals surface area contributed by atoms with Gasteiger partial charge in [0, 0.05) is 60.9 Å². The van der Waals surface area contributed by atoms with Gasteiger partial charge in [-0.1, -0.05) is 200 Å². The third kappa shape index (κ3) is 5.66. The first kappa shape index (κ1) is 39.9. The van der Waals surface area contributed by atoms with E-state index in [1.54, 1.807) is 0 Å². The largest absolute Gasteiger partial charge is 0.299 e. The van der Waals surface area contributed by atoms with E-state index >= 15 is 0 Å². The van der Waals surface area contributed by atoms with E-state index in [2.05, 4.69) is 246 Å². The minimum atomic E-state index is -3.32. The Morgan fingerprint density at radius 1 is 0.449 bits per heavy atom. The molecule has 0 bridgehead atoms. The Bertz CT molecular complexity index is 4010. The molecular formula is C62H42N4SSi2. The molecule has 13 aromatic rings. The molecule has 1 aliphatic heterocycles. The highest BCUT2D eigenvalue weighted by Gasteiger charge is 2.53. The summed E-state index contributed by atoms with van der Waals surface area (Å²) >= 11 is 1.96. The minimum absolute atomic E-state index is 0.894. The molecule has 0 unspecified atom stereocenters. The average Bonchev–Trinajstić information content (AvgIpc) is 4.09. The van der Waals surface area contributed by atoms with Crippen molar-refractivity contribution >= 4 is 134 Å². The van der Waals surface area contributed by atoms with Crippen molar-refractivity contribution in [3.63, 3.8) is 0 Å². The summed E-state index contributed by atoms with van der Waals surface area (Å²) in [6.45, 7) is 0. The molecule has 9 aromatic carbocycles. The van der Waals surface area contributed by atoms with Gasteiger partial charge in [-0.3, -0.25) is 9.30 Å². The van der Waals surface area contributed by atoms with Crippen molar-refractivity contribution in [1.82, 2.24) is 14.4 Å². The second-order valence-electron chi connectivity index (χ2n) is 18.0. The molecule has 5 heterocycles. The van der Waals surface area contributed by atoms with Crippen LogP contribution in [0.5, 0.6) is 0 Å². The third-order valence-electron chi connectivity index (χ3n) is 14.7. The van der Waals surface area contributed by atoms with E-state index in [-0.39, 0.29) is 0 Å². The van der Waals surface area contributed by atoms with Gasteiger partial charge in [-0.15, -0.1) is 11.3 Å². The monoisotopic (exact) mass is 930 g/mol. The molecule has 1 aliphatic rings. The van der Waals surface area contributed by atoms with Crippen LogP contribution in [0.1, 0.15) is 0 Å². The van der Waals surface area contributed by atoms with Gasteiger partial charge < -0.3 is 0 Å². The molecule has 0 fully saturated rings. The zero-order chi connectivity index (χ0) is 45.5. The van der Waals surface area contributed by atoms with Crippen LogP contribution in [0.15, 0.2) is 255 Å². The molecule has 0 aliphatic carbocycles. The molecule has 0 amide bonds. The number of aromatic nitrogens is 3. The first-order valence-corrected chi connectivity index (χ1v) is 28.4. The molecule has 0 radical (unpaired) electrons. The summed E-state index contributed by atoms with van der Waals surface area (Å²) < 4.78 is 4.88. The van der Waals surface area contributed by atoms with Crippen molar-refractivity contribution in [2.24, 2.45) is 0 Å². The van der Waals surface area contributed by atoms with Crippen LogP contribution < -0.4 is 46.4 Å². The standard InChI is InChI=1S/C62H42N4SSi2/c1-5-21-43(22-6-1)68(44-23-7-2-8-24-44,47-36-37-48-49-29-13-15-31-52(49)65-40-39-64-62(65)51(48)41-47)57-42-54-61(59-50-30-14-17-33-55(50)67-60(57)59)69(45-25-9-3-10-26-45,46-27-11-4-12-28-46)56-34-18-16-32-53(56)66(54)58-35-19-20-38-63-58/h1-42H. The Hall–Kier alpha value is -8.21. The molecular weight excluding hydrogens is 889 g/mol. The van der Waals surface area contributed by atoms with Crippen LogP contribution in [0.2, 0.25) is 0 Å². The fourth-order valence-corrected chi connectivity index (χ4v) is 24.0. The number of pyridine rings is 2. The first-order valence-electron chi connectivity index (χ1n) is 23.6. The molecule has 7 heteroatoms. The van der Waals surface area contributed by atoms with E-state index in [0.29, 0.717) is 0 Å². The second-order valence-corrected chi connectivity index (χ2v) is 26.5. The van der Waals surface area contributed by atoms with Crippen molar-refractivity contribution in [2.45, 2.75) is 0 Å². The van der Waals surface area contributed by atoms with Crippen LogP contribution in [0.3, 0.4) is 0 Å². The van der Waals surface area contributed by atoms with Crippen LogP contribution >= 0.6 is 11.3 Å². The Balaban J connectivity index is 1.24. The quantitative estimate of drug-likeness (QED) is 0.0908. The van der Waals surface area contributed by atoms with Gasteiger partial charge in [0.05, 0.1) is 5.52 Å². The van der Waals surface area contributed by atoms with E-state index in [1.807, 2.05) is 29.8 Å². The van der Waals surface area contributed by atoms with Crippen LogP contribution in [-0.2, 0) is 0 Å². The van der Waals surface area contributed by atoms with Crippen molar-refractivity contribution in [3.8, 4) is 0 Å². The highest BCUT2D eigenvalue weighted by Crippen LogP contribution is 2.43. The van der Waals surface area contributed by atoms with E-state index < -0.39 is 16.1 Å². The summed E-state index contributed by atoms with van der Waals surface area (Å²) in [6.07, 6.45) is 5.98. The van der Waals surface area contributed by atoms with Gasteiger partial charge in [-0.2, -0.15) is 0 Å². The zero-order valence-corrected chi connectivity index (χ0v) is 40.3. The van der Waals surface area contributed by atoms with Crippen molar-refractivity contribution in [3.05, 3.63) is 255 Å². The lowest BCUT2D eigenvalue weighted by molar-refractivity contribution is 1.19. The molecule has 69 heavy (non-hydrogen) atoms. The van der Waals surface area contributed by atoms with Crippen LogP contribution in [0, 0.1) is 0 Å². The second kappa shape index (κ2) is 15.7. The predicted molar refractivity (Wildman–Crippen MR) is 296 cm³/mol. The highest BCUT2D eigenvalue weighted by atomic mass is 32.1. The summed E-state index contributed by atoms with van der Waals surface area (Å²) in [6, 6.07) is 89.1. The molecule has 4 nitrogen and oxygen atoms in total. The Labute approximate surface area is 405 Å². The van der Waals surface area contributed by atoms with Gasteiger partial charge in [0.15, 0.2) is 16.1 Å². The molecule has 4 aromatic heterocycles. The van der Waals surface area contributed by atoms with Gasteiger partial charge in [-0.25, -0.2) is 9.97 Å². The Morgan fingerprint density at radius 3 is 1.78 bits per heavy atom. The maximum atomic E-state index is 5.22. The lowest BCUT2D eigenvalue weighted by Gasteiger charge is -2.46. The smallest absolute Gasteiger partial charge is 0.184 e. The number of hydrogen-bond acceptors (Lipinski definition) is 4. The van der Waals surface area contributed by atoms with Gasteiger partial charge in [0.25, 0.3) is 0 Å². The van der Waals surface area contributed by atoms with Gasteiger partial charge >= 0.3 is 0 Å². The van der Waals surface area contributed by atoms with Crippen LogP contribution in [0.25, 0.3) is 47.5 Å². The van der Waals surface area contributed by atoms with E-state index in [9.17, 15) is 0 Å². The zero-order valence-electron chi connectivity index (χ0n) is 37.4. The normalized spacial score (nSPS) is 13.3. The summed E-state index contributed by atoms with van der Waals surface area (Å²) in [4.78, 5) is 12.8. The maximum Gasteiger partial charge on any atom is 0.184 e. The number of anilines is 3. The first-order chi connectivity index (χ1) is 34.3. The minimum Gasteiger partial charge on any atom is -0.299 e. The van der Waals surface area contributed by atoms with Crippen molar-refractivity contribution < 1.29 is 0 Å². The lowest BCUT2D eigenvalue weighted by atomic mass is 10.1. The number of para-hydroxylation sites is 2. The van der Waals surface area contributed by atoms with Crippen LogP contribution in [-0.4, -0.2) is 30.5 Å². The average molecular weight is 931 g/mol. The van der Waals surface area contributed by atoms with Gasteiger partial charge in [0.1, 0.15) is 11.5 Å². The number of imidazole rings is 1. The predicted octanol–water partition coefficient (Wildman–Crippen LogP) is 9.94. The molecule has 14 rings (SSSR count). The number of nitrogens with zero attached hydrogens (tertiary/aromatic N) is 4. The van der Waals surface area contributed by atoms with Crippen molar-refractivity contribution in [1.29, 1.82) is 0 Å². The molecule has 0 N–H and O–H groups in total. The summed E-state index contributed by atoms with van der Waals surface area (Å²) in [5.74, 6) is 0.894. The van der Waals surface area contributed by atoms with E-state index in [1.165, 1.54) is 83.8 Å². The fraction of sp³-hybridized carbons (Fsp3) is 0. The third-order valence-corrected chi connectivity index (χ3v) is 25.7. The van der Waals surface area contributed by atoms with Crippen LogP contribution in [0.4, 0.5) is 17.2 Å². The Kier molecular flexibility index (Phi) is 9.07. The topological polar surface area (TPSA) is 33.4 Å². The molecule has 324 valence electrons. The maximum absolute atomic E-state index is 5.22.